The van der Waals surface area contributed by atoms with Crippen LogP contribution in [0.25, 0.3) is 0 Å². The second kappa shape index (κ2) is 17.8. The Hall–Kier alpha value is -2.77. The third-order valence-electron chi connectivity index (χ3n) is 8.14. The maximum atomic E-state index is 13.1. The van der Waals surface area contributed by atoms with Crippen molar-refractivity contribution in [2.24, 2.45) is 5.73 Å². The SMILES string of the molecule is COCCCN1CCOc2ccc(CO[C@H]3CN(C(=O)C(C)N)C[C@@H](OCC(C)O)[C@@H]3c3ccc(COCCOC)cc3)cc21. The number of benzene rings is 2. The van der Waals surface area contributed by atoms with E-state index in [1.807, 2.05) is 24.3 Å². The first-order valence-corrected chi connectivity index (χ1v) is 15.9. The molecule has 0 saturated carbocycles. The van der Waals surface area contributed by atoms with Crippen molar-refractivity contribution in [3.63, 3.8) is 0 Å². The van der Waals surface area contributed by atoms with Gasteiger partial charge in [0.25, 0.3) is 0 Å². The van der Waals surface area contributed by atoms with Crippen LogP contribution in [0, 0.1) is 0 Å². The predicted octanol–water partition coefficient (Wildman–Crippen LogP) is 2.71. The third-order valence-corrected chi connectivity index (χ3v) is 8.14. The number of aliphatic hydroxyl groups excluding tert-OH is 1. The molecule has 11 heteroatoms. The number of likely N-dealkylation sites (tertiary alicyclic amines) is 1. The molecule has 0 aliphatic carbocycles. The molecule has 45 heavy (non-hydrogen) atoms. The van der Waals surface area contributed by atoms with E-state index in [9.17, 15) is 9.90 Å². The number of anilines is 1. The lowest BCUT2D eigenvalue weighted by Gasteiger charge is -2.44. The number of nitrogens with zero attached hydrogens (tertiary/aromatic N) is 2. The number of carbonyl (C=O) groups is 1. The molecular weight excluding hydrogens is 578 g/mol. The molecule has 1 saturated heterocycles. The van der Waals surface area contributed by atoms with Crippen molar-refractivity contribution in [3.05, 3.63) is 59.2 Å². The van der Waals surface area contributed by atoms with Crippen LogP contribution in [0.15, 0.2) is 42.5 Å². The molecular formula is C34H51N3O8. The van der Waals surface area contributed by atoms with Crippen LogP contribution in [0.1, 0.15) is 42.9 Å². The van der Waals surface area contributed by atoms with E-state index in [4.69, 9.17) is 34.2 Å². The number of nitrogens with two attached hydrogens (primary N) is 1. The van der Waals surface area contributed by atoms with Crippen LogP contribution in [-0.4, -0.2) is 114 Å². The van der Waals surface area contributed by atoms with Gasteiger partial charge in [0.2, 0.25) is 5.91 Å². The highest BCUT2D eigenvalue weighted by Crippen LogP contribution is 2.36. The lowest BCUT2D eigenvalue weighted by atomic mass is 9.83. The average Bonchev–Trinajstić information content (AvgIpc) is 3.04. The summed E-state index contributed by atoms with van der Waals surface area (Å²) in [6, 6.07) is 13.8. The van der Waals surface area contributed by atoms with Crippen molar-refractivity contribution in [2.75, 3.05) is 78.3 Å². The summed E-state index contributed by atoms with van der Waals surface area (Å²) >= 11 is 0. The first-order valence-electron chi connectivity index (χ1n) is 15.9. The van der Waals surface area contributed by atoms with E-state index in [1.165, 1.54) is 0 Å². The molecule has 2 aliphatic heterocycles. The van der Waals surface area contributed by atoms with Crippen molar-refractivity contribution in [2.45, 2.75) is 63.8 Å². The summed E-state index contributed by atoms with van der Waals surface area (Å²) in [5, 5.41) is 10.1. The van der Waals surface area contributed by atoms with Gasteiger partial charge in [-0.05, 0) is 49.1 Å². The van der Waals surface area contributed by atoms with Crippen molar-refractivity contribution in [3.8, 4) is 5.75 Å². The summed E-state index contributed by atoms with van der Waals surface area (Å²) in [7, 11) is 3.37. The average molecular weight is 630 g/mol. The number of methoxy groups -OCH3 is 2. The van der Waals surface area contributed by atoms with Gasteiger partial charge in [-0.3, -0.25) is 4.79 Å². The van der Waals surface area contributed by atoms with Gasteiger partial charge in [-0.2, -0.15) is 0 Å². The number of aliphatic hydroxyl groups is 1. The number of hydrogen-bond acceptors (Lipinski definition) is 10. The van der Waals surface area contributed by atoms with E-state index >= 15 is 0 Å². The van der Waals surface area contributed by atoms with Gasteiger partial charge in [0.15, 0.2) is 0 Å². The molecule has 2 unspecified atom stereocenters. The monoisotopic (exact) mass is 629 g/mol. The quantitative estimate of drug-likeness (QED) is 0.253. The van der Waals surface area contributed by atoms with Crippen molar-refractivity contribution < 1.29 is 38.3 Å². The lowest BCUT2D eigenvalue weighted by Crippen LogP contribution is -2.57. The Morgan fingerprint density at radius 3 is 2.38 bits per heavy atom. The number of rotatable bonds is 17. The first kappa shape index (κ1) is 35.1. The molecule has 0 spiro atoms. The predicted molar refractivity (Wildman–Crippen MR) is 172 cm³/mol. The standard InChI is InChI=1S/C34H51N3O8/c1-24(38)21-44-31-19-37(34(39)25(2)35)20-32(33(31)28-9-6-26(7-10-28)22-42-17-16-41-4)45-23-27-8-11-30-29(18-27)36(13-15-43-30)12-5-14-40-3/h6-11,18,24-25,31-33,38H,5,12-17,19-23,35H2,1-4H3/t24?,25?,31-,32+,33+/m1/s1. The maximum absolute atomic E-state index is 13.1. The van der Waals surface area contributed by atoms with Gasteiger partial charge < -0.3 is 49.1 Å². The summed E-state index contributed by atoms with van der Waals surface area (Å²) in [5.41, 5.74) is 10.2. The normalized spacial score (nSPS) is 21.2. The van der Waals surface area contributed by atoms with E-state index in [0.29, 0.717) is 52.7 Å². The van der Waals surface area contributed by atoms with Gasteiger partial charge in [0, 0.05) is 46.4 Å². The first-order chi connectivity index (χ1) is 21.8. The van der Waals surface area contributed by atoms with Gasteiger partial charge in [-0.1, -0.05) is 30.3 Å². The largest absolute Gasteiger partial charge is 0.490 e. The molecule has 2 aromatic carbocycles. The number of amides is 1. The molecule has 11 nitrogen and oxygen atoms in total. The number of carbonyl (C=O) groups excluding carboxylic acids is 1. The fraction of sp³-hybridized carbons (Fsp3) is 0.618. The van der Waals surface area contributed by atoms with Gasteiger partial charge in [-0.15, -0.1) is 0 Å². The van der Waals surface area contributed by atoms with Crippen LogP contribution in [-0.2, 0) is 41.7 Å². The zero-order chi connectivity index (χ0) is 32.2. The molecule has 2 aromatic rings. The fourth-order valence-corrected chi connectivity index (χ4v) is 5.86. The van der Waals surface area contributed by atoms with Gasteiger partial charge >= 0.3 is 0 Å². The Kier molecular flexibility index (Phi) is 13.9. The van der Waals surface area contributed by atoms with E-state index in [-0.39, 0.29) is 24.5 Å². The number of hydrogen-bond donors (Lipinski definition) is 2. The van der Waals surface area contributed by atoms with Crippen LogP contribution in [0.4, 0.5) is 5.69 Å². The van der Waals surface area contributed by atoms with Gasteiger partial charge in [0.1, 0.15) is 12.4 Å². The smallest absolute Gasteiger partial charge is 0.239 e. The van der Waals surface area contributed by atoms with Crippen LogP contribution < -0.4 is 15.4 Å². The summed E-state index contributed by atoms with van der Waals surface area (Å²) < 4.78 is 34.9. The van der Waals surface area contributed by atoms with E-state index in [0.717, 1.165) is 47.6 Å². The lowest BCUT2D eigenvalue weighted by molar-refractivity contribution is -0.148. The number of piperidine rings is 1. The summed E-state index contributed by atoms with van der Waals surface area (Å²) in [5.74, 6) is 0.522. The number of fused-ring (bicyclic) bond motifs is 1. The molecule has 3 N–H and O–H groups in total. The Balaban J connectivity index is 1.57. The minimum atomic E-state index is -0.652. The summed E-state index contributed by atoms with van der Waals surface area (Å²) in [4.78, 5) is 17.2. The van der Waals surface area contributed by atoms with E-state index in [1.54, 1.807) is 33.0 Å². The second-order valence-corrected chi connectivity index (χ2v) is 11.9. The Bertz CT molecular complexity index is 1180. The molecule has 0 bridgehead atoms. The Labute approximate surface area is 267 Å². The zero-order valence-electron chi connectivity index (χ0n) is 27.2. The minimum absolute atomic E-state index is 0.142. The molecule has 250 valence electrons. The second-order valence-electron chi connectivity index (χ2n) is 11.9. The fourth-order valence-electron chi connectivity index (χ4n) is 5.86. The van der Waals surface area contributed by atoms with Gasteiger partial charge in [-0.25, -0.2) is 0 Å². The molecule has 5 atom stereocenters. The highest BCUT2D eigenvalue weighted by Gasteiger charge is 2.41. The molecule has 0 radical (unpaired) electrons. The van der Waals surface area contributed by atoms with Crippen LogP contribution >= 0.6 is 0 Å². The molecule has 2 aliphatic rings. The highest BCUT2D eigenvalue weighted by molar-refractivity contribution is 5.81. The van der Waals surface area contributed by atoms with Crippen molar-refractivity contribution >= 4 is 11.6 Å². The van der Waals surface area contributed by atoms with Crippen molar-refractivity contribution in [1.82, 2.24) is 4.90 Å². The highest BCUT2D eigenvalue weighted by atomic mass is 16.5. The van der Waals surface area contributed by atoms with Gasteiger partial charge in [0.05, 0.1) is 69.6 Å². The maximum Gasteiger partial charge on any atom is 0.239 e. The molecule has 4 rings (SSSR count). The summed E-state index contributed by atoms with van der Waals surface area (Å²) in [6.45, 7) is 9.19. The third kappa shape index (κ3) is 10.1. The Morgan fingerprint density at radius 1 is 0.978 bits per heavy atom. The number of ether oxygens (including phenoxy) is 6. The Morgan fingerprint density at radius 2 is 1.69 bits per heavy atom. The summed E-state index contributed by atoms with van der Waals surface area (Å²) in [6.07, 6.45) is -0.511. The van der Waals surface area contributed by atoms with E-state index in [2.05, 4.69) is 23.1 Å². The van der Waals surface area contributed by atoms with E-state index < -0.39 is 18.2 Å². The van der Waals surface area contributed by atoms with Crippen molar-refractivity contribution in [1.29, 1.82) is 0 Å². The van der Waals surface area contributed by atoms with Crippen LogP contribution in [0.2, 0.25) is 0 Å². The van der Waals surface area contributed by atoms with Crippen LogP contribution in [0.5, 0.6) is 5.75 Å². The molecule has 2 heterocycles. The molecule has 1 fully saturated rings. The molecule has 0 aromatic heterocycles. The molecule has 1 amide bonds. The minimum Gasteiger partial charge on any atom is -0.490 e. The zero-order valence-corrected chi connectivity index (χ0v) is 27.2. The topological polar surface area (TPSA) is 125 Å². The van der Waals surface area contributed by atoms with Crippen LogP contribution in [0.3, 0.4) is 0 Å².